The molecule has 0 aliphatic carbocycles. The molecule has 1 unspecified atom stereocenters. The Morgan fingerprint density at radius 1 is 1.57 bits per heavy atom. The van der Waals surface area contributed by atoms with Crippen LogP contribution in [0, 0.1) is 0 Å². The monoisotopic (exact) mass is 197 g/mol. The van der Waals surface area contributed by atoms with Crippen LogP contribution in [0.3, 0.4) is 0 Å². The maximum atomic E-state index is 12.9. The maximum Gasteiger partial charge on any atom is 0.125 e. The van der Waals surface area contributed by atoms with Crippen molar-refractivity contribution in [3.05, 3.63) is 18.0 Å². The van der Waals surface area contributed by atoms with Crippen LogP contribution >= 0.6 is 0 Å². The van der Waals surface area contributed by atoms with Gasteiger partial charge in [0, 0.05) is 11.8 Å². The molecule has 3 nitrogen and oxygen atoms in total. The number of alkyl halides is 1. The molecule has 0 spiro atoms. The van der Waals surface area contributed by atoms with Gasteiger partial charge in [-0.25, -0.2) is 4.39 Å². The molecule has 1 aliphatic heterocycles. The fraction of sp³-hybridized carbons (Fsp3) is 0.700. The highest BCUT2D eigenvalue weighted by Crippen LogP contribution is 2.21. The third-order valence-electron chi connectivity index (χ3n) is 2.76. The molecule has 0 amide bonds. The summed E-state index contributed by atoms with van der Waals surface area (Å²) in [5.41, 5.74) is 0.684. The summed E-state index contributed by atoms with van der Waals surface area (Å²) in [5, 5.41) is 7.51. The number of rotatable bonds is 2. The van der Waals surface area contributed by atoms with Gasteiger partial charge in [0.15, 0.2) is 0 Å². The van der Waals surface area contributed by atoms with Crippen molar-refractivity contribution < 1.29 is 4.39 Å². The van der Waals surface area contributed by atoms with E-state index in [9.17, 15) is 4.39 Å². The first kappa shape index (κ1) is 9.65. The van der Waals surface area contributed by atoms with Crippen LogP contribution in [-0.4, -0.2) is 22.9 Å². The zero-order chi connectivity index (χ0) is 9.97. The van der Waals surface area contributed by atoms with E-state index in [0.29, 0.717) is 11.6 Å². The quantitative estimate of drug-likeness (QED) is 0.784. The van der Waals surface area contributed by atoms with E-state index in [1.54, 1.807) is 13.1 Å². The average Bonchev–Trinajstić information content (AvgIpc) is 2.68. The smallest absolute Gasteiger partial charge is 0.125 e. The fourth-order valence-electron chi connectivity index (χ4n) is 1.83. The van der Waals surface area contributed by atoms with Gasteiger partial charge >= 0.3 is 0 Å². The molecule has 0 saturated carbocycles. The Bertz CT molecular complexity index is 289. The lowest BCUT2D eigenvalue weighted by Gasteiger charge is -2.22. The zero-order valence-electron chi connectivity index (χ0n) is 8.41. The Balaban J connectivity index is 2.07. The maximum absolute atomic E-state index is 12.9. The van der Waals surface area contributed by atoms with Gasteiger partial charge in [0.2, 0.25) is 0 Å². The first-order valence-corrected chi connectivity index (χ1v) is 5.16. The van der Waals surface area contributed by atoms with E-state index in [4.69, 9.17) is 0 Å². The second-order valence-corrected chi connectivity index (χ2v) is 3.85. The van der Waals surface area contributed by atoms with Gasteiger partial charge in [-0.3, -0.25) is 4.68 Å². The van der Waals surface area contributed by atoms with E-state index in [1.165, 1.54) is 0 Å². The first-order valence-electron chi connectivity index (χ1n) is 5.16. The van der Waals surface area contributed by atoms with Crippen molar-refractivity contribution in [3.8, 4) is 0 Å². The predicted octanol–water partition coefficient (Wildman–Crippen LogP) is 1.84. The number of piperidine rings is 1. The number of halogens is 1. The van der Waals surface area contributed by atoms with Crippen molar-refractivity contribution in [1.82, 2.24) is 15.1 Å². The van der Waals surface area contributed by atoms with Gasteiger partial charge in [-0.1, -0.05) is 0 Å². The Labute approximate surface area is 83.3 Å². The molecule has 0 radical (unpaired) electrons. The van der Waals surface area contributed by atoms with Crippen LogP contribution in [0.4, 0.5) is 4.39 Å². The number of nitrogens with one attached hydrogen (secondary N) is 1. The molecule has 0 bridgehead atoms. The van der Waals surface area contributed by atoms with Crippen LogP contribution in [0.15, 0.2) is 12.4 Å². The van der Waals surface area contributed by atoms with Crippen LogP contribution in [0.2, 0.25) is 0 Å². The molecule has 4 heteroatoms. The first-order chi connectivity index (χ1) is 6.77. The molecular formula is C10H16FN3. The molecule has 1 fully saturated rings. The molecule has 1 aliphatic rings. The minimum absolute atomic E-state index is 0.448. The SMILES string of the molecule is CC(F)c1cnn(C2CCNCC2)c1. The molecule has 1 aromatic rings. The van der Waals surface area contributed by atoms with Crippen LogP contribution in [-0.2, 0) is 0 Å². The minimum Gasteiger partial charge on any atom is -0.317 e. The molecule has 1 N–H and O–H groups in total. The van der Waals surface area contributed by atoms with Crippen LogP contribution in [0.25, 0.3) is 0 Å². The van der Waals surface area contributed by atoms with Crippen molar-refractivity contribution in [1.29, 1.82) is 0 Å². The Morgan fingerprint density at radius 3 is 2.86 bits per heavy atom. The molecule has 1 atom stereocenters. The summed E-state index contributed by atoms with van der Waals surface area (Å²) in [6.07, 6.45) is 4.72. The summed E-state index contributed by atoms with van der Waals surface area (Å²) in [4.78, 5) is 0. The van der Waals surface area contributed by atoms with E-state index >= 15 is 0 Å². The second-order valence-electron chi connectivity index (χ2n) is 3.85. The predicted molar refractivity (Wildman–Crippen MR) is 52.9 cm³/mol. The number of hydrogen-bond acceptors (Lipinski definition) is 2. The zero-order valence-corrected chi connectivity index (χ0v) is 8.41. The van der Waals surface area contributed by atoms with Gasteiger partial charge in [-0.15, -0.1) is 0 Å². The molecule has 1 aromatic heterocycles. The van der Waals surface area contributed by atoms with Crippen LogP contribution in [0.5, 0.6) is 0 Å². The molecular weight excluding hydrogens is 181 g/mol. The van der Waals surface area contributed by atoms with Gasteiger partial charge in [0.25, 0.3) is 0 Å². The highest BCUT2D eigenvalue weighted by Gasteiger charge is 2.16. The number of nitrogens with zero attached hydrogens (tertiary/aromatic N) is 2. The largest absolute Gasteiger partial charge is 0.317 e. The van der Waals surface area contributed by atoms with Crippen LogP contribution in [0.1, 0.15) is 37.5 Å². The van der Waals surface area contributed by atoms with Gasteiger partial charge in [0.1, 0.15) is 6.17 Å². The topological polar surface area (TPSA) is 29.9 Å². The summed E-state index contributed by atoms with van der Waals surface area (Å²) in [7, 11) is 0. The summed E-state index contributed by atoms with van der Waals surface area (Å²) < 4.78 is 14.9. The molecule has 78 valence electrons. The van der Waals surface area contributed by atoms with E-state index in [1.807, 2.05) is 10.9 Å². The number of hydrogen-bond donors (Lipinski definition) is 1. The third kappa shape index (κ3) is 1.95. The summed E-state index contributed by atoms with van der Waals surface area (Å²) >= 11 is 0. The van der Waals surface area contributed by atoms with Gasteiger partial charge in [-0.05, 0) is 32.9 Å². The van der Waals surface area contributed by atoms with Crippen molar-refractivity contribution in [2.75, 3.05) is 13.1 Å². The highest BCUT2D eigenvalue weighted by molar-refractivity contribution is 5.07. The molecule has 14 heavy (non-hydrogen) atoms. The lowest BCUT2D eigenvalue weighted by atomic mass is 10.1. The van der Waals surface area contributed by atoms with E-state index in [-0.39, 0.29) is 0 Å². The minimum atomic E-state index is -0.912. The molecule has 0 aromatic carbocycles. The van der Waals surface area contributed by atoms with Crippen molar-refractivity contribution >= 4 is 0 Å². The lowest BCUT2D eigenvalue weighted by molar-refractivity contribution is 0.340. The lowest BCUT2D eigenvalue weighted by Crippen LogP contribution is -2.29. The normalized spacial score (nSPS) is 21.0. The standard InChI is InChI=1S/C10H16FN3/c1-8(11)9-6-13-14(7-9)10-2-4-12-5-3-10/h6-8,10,12H,2-5H2,1H3. The third-order valence-corrected chi connectivity index (χ3v) is 2.76. The molecule has 2 rings (SSSR count). The average molecular weight is 197 g/mol. The van der Waals surface area contributed by atoms with E-state index in [2.05, 4.69) is 10.4 Å². The van der Waals surface area contributed by atoms with Crippen molar-refractivity contribution in [3.63, 3.8) is 0 Å². The Hall–Kier alpha value is -0.900. The Morgan fingerprint density at radius 2 is 2.29 bits per heavy atom. The molecule has 2 heterocycles. The van der Waals surface area contributed by atoms with Crippen molar-refractivity contribution in [2.24, 2.45) is 0 Å². The van der Waals surface area contributed by atoms with Gasteiger partial charge < -0.3 is 5.32 Å². The van der Waals surface area contributed by atoms with Crippen molar-refractivity contribution in [2.45, 2.75) is 32.0 Å². The second kappa shape index (κ2) is 4.09. The van der Waals surface area contributed by atoms with Crippen LogP contribution < -0.4 is 5.32 Å². The number of aromatic nitrogens is 2. The Kier molecular flexibility index (Phi) is 2.82. The molecule has 1 saturated heterocycles. The summed E-state index contributed by atoms with van der Waals surface area (Å²) in [6.45, 7) is 3.61. The van der Waals surface area contributed by atoms with Gasteiger partial charge in [0.05, 0.1) is 12.2 Å². The summed E-state index contributed by atoms with van der Waals surface area (Å²) in [6, 6.07) is 0.448. The summed E-state index contributed by atoms with van der Waals surface area (Å²) in [5.74, 6) is 0. The highest BCUT2D eigenvalue weighted by atomic mass is 19.1. The van der Waals surface area contributed by atoms with E-state index in [0.717, 1.165) is 25.9 Å². The van der Waals surface area contributed by atoms with E-state index < -0.39 is 6.17 Å². The van der Waals surface area contributed by atoms with Gasteiger partial charge in [-0.2, -0.15) is 5.10 Å². The fourth-order valence-corrected chi connectivity index (χ4v) is 1.83.